The molecule has 10 N–H and O–H groups in total. The number of carbonyl (C=O) groups is 3. The zero-order valence-corrected chi connectivity index (χ0v) is 64.3. The number of esters is 2. The summed E-state index contributed by atoms with van der Waals surface area (Å²) in [5.74, 6) is -8.51. The number of aliphatic hydroxyl groups excluding tert-OH is 7. The molecule has 4 unspecified atom stereocenters. The number of hydrogen-bond acceptors (Lipinski definition) is 40. The molecule has 10 aliphatic rings. The van der Waals surface area contributed by atoms with Gasteiger partial charge in [0.2, 0.25) is 0 Å². The molecule has 10 heterocycles. The van der Waals surface area contributed by atoms with Gasteiger partial charge in [-0.3, -0.25) is 14.9 Å². The Morgan fingerprint density at radius 3 is 1.99 bits per heavy atom. The van der Waals surface area contributed by atoms with Crippen molar-refractivity contribution in [1.29, 1.82) is 0 Å². The number of aliphatic hydroxyl groups is 7. The van der Waals surface area contributed by atoms with E-state index in [0.29, 0.717) is 0 Å². The van der Waals surface area contributed by atoms with Crippen LogP contribution in [0, 0.1) is 24.0 Å². The quantitative estimate of drug-likeness (QED) is 0.0217. The minimum Gasteiger partial charge on any atom is -0.508 e. The molecule has 12 rings (SSSR count). The summed E-state index contributed by atoms with van der Waals surface area (Å²) in [5, 5.41) is 127. The number of aryl methyl sites for hydroxylation is 1. The van der Waals surface area contributed by atoms with Gasteiger partial charge in [0.25, 0.3) is 18.0 Å². The zero-order chi connectivity index (χ0) is 81.4. The molecule has 10 fully saturated rings. The third-order valence-corrected chi connectivity index (χ3v) is 22.8. The van der Waals surface area contributed by atoms with Gasteiger partial charge in [0, 0.05) is 52.8 Å². The Morgan fingerprint density at radius 1 is 0.643 bits per heavy atom. The second kappa shape index (κ2) is 34.1. The van der Waals surface area contributed by atoms with Crippen molar-refractivity contribution in [2.24, 2.45) is 0 Å². The lowest BCUT2D eigenvalue weighted by atomic mass is 9.85. The van der Waals surface area contributed by atoms with E-state index in [0.717, 1.165) is 6.07 Å². The smallest absolute Gasteiger partial charge is 0.342 e. The van der Waals surface area contributed by atoms with Gasteiger partial charge in [-0.05, 0) is 65.7 Å². The molecular formula is C69H95Cl2NO40. The summed E-state index contributed by atoms with van der Waals surface area (Å²) in [4.78, 5) is 51.5. The number of benzene rings is 2. The average Bonchev–Trinajstić information content (AvgIpc) is 1.56. The van der Waals surface area contributed by atoms with E-state index in [1.54, 1.807) is 13.8 Å². The van der Waals surface area contributed by atoms with Crippen molar-refractivity contribution < 1.29 is 189 Å². The Balaban J connectivity index is 0.685. The number of phenolic OH excluding ortho intramolecular Hbond substituents is 3. The van der Waals surface area contributed by atoms with Crippen LogP contribution in [-0.2, 0) is 118 Å². The molecule has 0 saturated carbocycles. The van der Waals surface area contributed by atoms with Crippen molar-refractivity contribution in [3.8, 4) is 23.0 Å². The van der Waals surface area contributed by atoms with Gasteiger partial charge in [-0.25, -0.2) is 9.59 Å². The number of fused-ring (bicyclic) bond motifs is 2. The van der Waals surface area contributed by atoms with Gasteiger partial charge in [0.15, 0.2) is 86.0 Å². The first-order chi connectivity index (χ1) is 52.9. The van der Waals surface area contributed by atoms with Crippen molar-refractivity contribution in [2.75, 3.05) is 55.4 Å². The first-order valence-electron chi connectivity index (χ1n) is 35.9. The van der Waals surface area contributed by atoms with Crippen LogP contribution in [-0.4, -0.2) is 343 Å². The van der Waals surface area contributed by atoms with Crippen molar-refractivity contribution >= 4 is 41.6 Å². The minimum atomic E-state index is -2.48. The van der Waals surface area contributed by atoms with Gasteiger partial charge in [-0.2, -0.15) is 0 Å². The summed E-state index contributed by atoms with van der Waals surface area (Å²) >= 11 is 12.8. The van der Waals surface area contributed by atoms with Gasteiger partial charge in [0.05, 0.1) is 75.3 Å². The Bertz CT molecular complexity index is 3650. The fourth-order valence-electron chi connectivity index (χ4n) is 16.4. The maximum atomic E-state index is 14.3. The number of aromatic hydroxyl groups is 3. The summed E-state index contributed by atoms with van der Waals surface area (Å²) in [6, 6.07) is 2.09. The lowest BCUT2D eigenvalue weighted by Crippen LogP contribution is -2.68. The molecule has 2 aromatic carbocycles. The predicted octanol–water partition coefficient (Wildman–Crippen LogP) is -0.647. The molecule has 2 spiro atoms. The van der Waals surface area contributed by atoms with Crippen molar-refractivity contribution in [2.45, 2.75) is 288 Å². The first kappa shape index (κ1) is 86.3. The highest BCUT2D eigenvalue weighted by Crippen LogP contribution is 2.53. The second-order valence-corrected chi connectivity index (χ2v) is 30.1. The Hall–Kier alpha value is -5.09. The van der Waals surface area contributed by atoms with Crippen molar-refractivity contribution in [1.82, 2.24) is 0 Å². The van der Waals surface area contributed by atoms with Crippen LogP contribution in [0.5, 0.6) is 23.0 Å². The summed E-state index contributed by atoms with van der Waals surface area (Å²) in [5.41, 5.74) is -3.94. The minimum absolute atomic E-state index is 0.0328. The number of rotatable bonds is 23. The number of methoxy groups -OCH3 is 5. The summed E-state index contributed by atoms with van der Waals surface area (Å²) in [6.45, 7) is 10.5. The molecule has 112 heavy (non-hydrogen) atoms. The predicted molar refractivity (Wildman–Crippen MR) is 362 cm³/mol. The van der Waals surface area contributed by atoms with E-state index >= 15 is 0 Å². The van der Waals surface area contributed by atoms with Gasteiger partial charge in [0.1, 0.15) is 119 Å². The van der Waals surface area contributed by atoms with Crippen LogP contribution in [0.2, 0.25) is 10.0 Å². The number of halogens is 2. The second-order valence-electron chi connectivity index (χ2n) is 29.4. The van der Waals surface area contributed by atoms with Crippen LogP contribution in [0.25, 0.3) is 0 Å². The van der Waals surface area contributed by atoms with Crippen LogP contribution in [0.1, 0.15) is 92.6 Å². The van der Waals surface area contributed by atoms with Gasteiger partial charge in [-0.1, -0.05) is 23.2 Å². The molecule has 0 amide bonds. The maximum absolute atomic E-state index is 14.3. The van der Waals surface area contributed by atoms with E-state index in [2.05, 4.69) is 0 Å². The fraction of sp³-hybridized carbons (Fsp3) is 0.783. The van der Waals surface area contributed by atoms with E-state index in [4.69, 9.17) is 142 Å². The zero-order valence-electron chi connectivity index (χ0n) is 62.8. The third kappa shape index (κ3) is 16.0. The van der Waals surface area contributed by atoms with E-state index in [-0.39, 0.29) is 69.7 Å². The summed E-state index contributed by atoms with van der Waals surface area (Å²) < 4.78 is 150. The number of ether oxygens (including phenoxy) is 25. The molecule has 2 aromatic rings. The molecule has 10 saturated heterocycles. The van der Waals surface area contributed by atoms with Crippen LogP contribution in [0.15, 0.2) is 12.1 Å². The molecule has 0 bridgehead atoms. The van der Waals surface area contributed by atoms with Gasteiger partial charge in [-0.15, -0.1) is 0 Å². The number of hydrogen-bond donors (Lipinski definition) is 10. The Labute approximate surface area is 649 Å². The molecule has 0 aliphatic carbocycles. The highest BCUT2D eigenvalue weighted by Gasteiger charge is 2.70. The van der Waals surface area contributed by atoms with Crippen molar-refractivity contribution in [3.05, 3.63) is 54.5 Å². The monoisotopic (exact) mass is 1650 g/mol. The number of phenols is 3. The lowest BCUT2D eigenvalue weighted by Gasteiger charge is -2.50. The third-order valence-electron chi connectivity index (χ3n) is 22.0. The molecule has 43 heteroatoms. The van der Waals surface area contributed by atoms with Gasteiger partial charge < -0.3 is 169 Å². The summed E-state index contributed by atoms with van der Waals surface area (Å²) in [7, 11) is 6.17. The standard InChI is InChI=1S/C69H95Cl2NO40/c1-23-14-29(74)15-30(75)38(23)59(83)100-34-21-95-69(55(81)50(34)94-22-73)109-35-20-93-62(44(79)49(35)110-69)107-64-53(90-11)43(78)48(33(101-64)19-88-9)104-63-45(80)52(54(91-12)61(85)106-63)105-65-56(82)67(8)58(28(6)98-65)111-68(112-67)17-31(76)46(26(4)108-68)102-36-16-32(99-37-18-66(7,72(86)87)57(92-13)27(5)97-37)47(25(3)96-36)103-60(84)39-24(2)40(70)42(77)41(71)51(39)89-10/h14-15,22,25-28,31-37,43-50,52-58,61-65,74-82,85H,16-21H2,1-13H3/t25-,26-,27+,28-,31-,32-,33-,34-,35+,36+,37+,43+,44-,45-,46-,47-,48-,49-,50?,52-,53+,54-,55?,56-,57+,58-,61+,62+,63-,64+,65+,66+,67-,68?,69?/m1/s1. The van der Waals surface area contributed by atoms with E-state index < -0.39 is 262 Å². The SMILES string of the molecule is COC[C@H]1O[C@@H](O[C@@H]2OC[C@@H]3OC4(OC[C@@H](OC(=O)c5c(C)cc(O)cc5O)C(OC=O)C4O)O[C@H]3[C@H]2O)[C@@H](OC)[C@@H](O)[C@@H]1O[C@@H]1O[C@H](O)[C@H](OC)[C@H](O[C@@H]2O[C@H](C)[C@H]3OC4(C[C@@H](O)[C@H](O[C@H]5C[C@@H](O[C@H]6C[C@](C)([N+](=O)[O-])[C@@H](OC)[C@H](C)O6)[C@H](OC(=O)c6c(C)c(Cl)c(O)c(Cl)c6OC)[C@@H](C)O5)[C@@H](C)O4)O[C@]3(C)[C@@H]2O)[C@H]1O. The number of nitrogens with zero attached hydrogens (tertiary/aromatic N) is 1. The maximum Gasteiger partial charge on any atom is 0.342 e. The average molecular weight is 1650 g/mol. The molecule has 10 aliphatic heterocycles. The first-order valence-corrected chi connectivity index (χ1v) is 36.7. The normalized spacial score (nSPS) is 44.8. The highest BCUT2D eigenvalue weighted by atomic mass is 35.5. The van der Waals surface area contributed by atoms with Crippen LogP contribution >= 0.6 is 23.2 Å². The molecule has 630 valence electrons. The summed E-state index contributed by atoms with van der Waals surface area (Å²) in [6.07, 6.45) is -47.3. The number of nitro groups is 1. The fourth-order valence-corrected chi connectivity index (χ4v) is 16.9. The number of carbonyl (C=O) groups excluding carboxylic acids is 3. The molecule has 41 nitrogen and oxygen atoms in total. The topological polar surface area (TPSA) is 527 Å². The largest absolute Gasteiger partial charge is 0.508 e. The van der Waals surface area contributed by atoms with E-state index in [1.165, 1.54) is 83.2 Å². The lowest BCUT2D eigenvalue weighted by molar-refractivity contribution is -0.595. The molecule has 0 aromatic heterocycles. The Morgan fingerprint density at radius 2 is 1.34 bits per heavy atom. The molecule has 35 atom stereocenters. The molecular weight excluding hydrogens is 1550 g/mol. The van der Waals surface area contributed by atoms with Gasteiger partial charge >= 0.3 is 17.9 Å². The van der Waals surface area contributed by atoms with E-state index in [9.17, 15) is 75.6 Å². The van der Waals surface area contributed by atoms with E-state index in [1.807, 2.05) is 0 Å². The Kier molecular flexibility index (Phi) is 26.3. The van der Waals surface area contributed by atoms with Crippen molar-refractivity contribution in [3.63, 3.8) is 0 Å². The van der Waals surface area contributed by atoms with Crippen LogP contribution in [0.4, 0.5) is 0 Å². The highest BCUT2D eigenvalue weighted by molar-refractivity contribution is 6.39. The molecule has 0 radical (unpaired) electrons. The van der Waals surface area contributed by atoms with Crippen LogP contribution in [0.3, 0.4) is 0 Å². The van der Waals surface area contributed by atoms with Crippen LogP contribution < -0.4 is 4.74 Å².